The van der Waals surface area contributed by atoms with Crippen LogP contribution in [0, 0.1) is 0 Å². The fraction of sp³-hybridized carbons (Fsp3) is 0. The Kier molecular flexibility index (Phi) is 3.80. The fourth-order valence-corrected chi connectivity index (χ4v) is 3.51. The van der Waals surface area contributed by atoms with Crippen LogP contribution >= 0.6 is 0 Å². The molecule has 0 aliphatic heterocycles. The van der Waals surface area contributed by atoms with Gasteiger partial charge in [0.1, 0.15) is 11.5 Å². The molecule has 0 radical (unpaired) electrons. The Bertz CT molecular complexity index is 1210. The number of hydrogen-bond donors (Lipinski definition) is 0. The number of fused-ring (bicyclic) bond motifs is 1. The minimum Gasteiger partial charge on any atom is -0.453 e. The molecule has 0 amide bonds. The second-order valence-corrected chi connectivity index (χ2v) is 6.44. The molecule has 0 saturated carbocycles. The first-order chi connectivity index (χ1) is 13.4. The molecule has 3 aromatic carbocycles. The summed E-state index contributed by atoms with van der Waals surface area (Å²) in [5.41, 5.74) is 4.12. The van der Waals surface area contributed by atoms with Gasteiger partial charge in [-0.1, -0.05) is 91.0 Å². The second kappa shape index (κ2) is 6.58. The quantitative estimate of drug-likeness (QED) is 0.357. The first-order valence-electron chi connectivity index (χ1n) is 8.99. The highest BCUT2D eigenvalue weighted by atomic mass is 16.3. The lowest BCUT2D eigenvalue weighted by molar-refractivity contribution is 0.600. The van der Waals surface area contributed by atoms with Gasteiger partial charge in [-0.15, -0.1) is 0 Å². The highest BCUT2D eigenvalue weighted by molar-refractivity contribution is 6.03. The number of hydrogen-bond acceptors (Lipinski definition) is 2. The summed E-state index contributed by atoms with van der Waals surface area (Å²) in [6.07, 6.45) is 1.82. The number of nitrogens with zero attached hydrogens (tertiary/aromatic N) is 1. The summed E-state index contributed by atoms with van der Waals surface area (Å²) in [5.74, 6) is 1.69. The van der Waals surface area contributed by atoms with Gasteiger partial charge in [-0.3, -0.25) is 4.98 Å². The molecule has 128 valence electrons. The van der Waals surface area contributed by atoms with Gasteiger partial charge in [-0.2, -0.15) is 0 Å². The van der Waals surface area contributed by atoms with Gasteiger partial charge in [0.05, 0.1) is 0 Å². The standard InChI is InChI=1S/C25H17NO/c1-3-10-18(11-4-1)20-16-9-17-26-23(20)25-22-15-8-7-14-21(22)24(27-25)19-12-5-2-6-13-19/h1-17H. The van der Waals surface area contributed by atoms with E-state index in [4.69, 9.17) is 4.42 Å². The minimum absolute atomic E-state index is 0.809. The maximum absolute atomic E-state index is 6.44. The van der Waals surface area contributed by atoms with Gasteiger partial charge < -0.3 is 4.42 Å². The van der Waals surface area contributed by atoms with Crippen molar-refractivity contribution in [1.82, 2.24) is 4.98 Å². The van der Waals surface area contributed by atoms with E-state index < -0.39 is 0 Å². The summed E-state index contributed by atoms with van der Waals surface area (Å²) in [6.45, 7) is 0. The lowest BCUT2D eigenvalue weighted by Crippen LogP contribution is -1.87. The van der Waals surface area contributed by atoms with Crippen LogP contribution in [0.1, 0.15) is 0 Å². The molecule has 2 nitrogen and oxygen atoms in total. The molecule has 0 N–H and O–H groups in total. The Labute approximate surface area is 157 Å². The highest BCUT2D eigenvalue weighted by Gasteiger charge is 2.19. The summed E-state index contributed by atoms with van der Waals surface area (Å²) >= 11 is 0. The Balaban J connectivity index is 1.79. The Morgan fingerprint density at radius 1 is 0.519 bits per heavy atom. The van der Waals surface area contributed by atoms with Crippen molar-refractivity contribution in [3.8, 4) is 33.9 Å². The number of rotatable bonds is 3. The van der Waals surface area contributed by atoms with E-state index in [2.05, 4.69) is 47.4 Å². The molecule has 2 heterocycles. The maximum atomic E-state index is 6.44. The monoisotopic (exact) mass is 347 g/mol. The maximum Gasteiger partial charge on any atom is 0.161 e. The number of furan rings is 1. The van der Waals surface area contributed by atoms with Crippen LogP contribution in [-0.4, -0.2) is 4.98 Å². The Morgan fingerprint density at radius 2 is 1.11 bits per heavy atom. The van der Waals surface area contributed by atoms with Gasteiger partial charge in [-0.05, 0) is 11.6 Å². The fourth-order valence-electron chi connectivity index (χ4n) is 3.51. The van der Waals surface area contributed by atoms with E-state index in [9.17, 15) is 0 Å². The average Bonchev–Trinajstić information content (AvgIpc) is 3.15. The largest absolute Gasteiger partial charge is 0.453 e. The normalized spacial score (nSPS) is 11.0. The van der Waals surface area contributed by atoms with Crippen molar-refractivity contribution >= 4 is 10.8 Å². The molecular formula is C25H17NO. The molecule has 0 atom stereocenters. The van der Waals surface area contributed by atoms with Crippen LogP contribution in [0.5, 0.6) is 0 Å². The molecule has 0 saturated heterocycles. The van der Waals surface area contributed by atoms with Crippen LogP contribution in [0.25, 0.3) is 44.7 Å². The van der Waals surface area contributed by atoms with Gasteiger partial charge in [0.25, 0.3) is 0 Å². The van der Waals surface area contributed by atoms with Crippen LogP contribution in [0.3, 0.4) is 0 Å². The minimum atomic E-state index is 0.809. The van der Waals surface area contributed by atoms with Crippen molar-refractivity contribution in [2.45, 2.75) is 0 Å². The molecular weight excluding hydrogens is 330 g/mol. The molecule has 0 fully saturated rings. The topological polar surface area (TPSA) is 26.0 Å². The third kappa shape index (κ3) is 2.72. The van der Waals surface area contributed by atoms with E-state index in [0.717, 1.165) is 44.7 Å². The van der Waals surface area contributed by atoms with E-state index >= 15 is 0 Å². The molecule has 0 spiro atoms. The first kappa shape index (κ1) is 15.6. The Morgan fingerprint density at radius 3 is 1.81 bits per heavy atom. The van der Waals surface area contributed by atoms with Gasteiger partial charge >= 0.3 is 0 Å². The van der Waals surface area contributed by atoms with E-state index in [1.807, 2.05) is 60.8 Å². The van der Waals surface area contributed by atoms with Gasteiger partial charge in [0, 0.05) is 28.1 Å². The first-order valence-corrected chi connectivity index (χ1v) is 8.99. The van der Waals surface area contributed by atoms with Crippen molar-refractivity contribution in [2.75, 3.05) is 0 Å². The lowest BCUT2D eigenvalue weighted by atomic mass is 10.0. The summed E-state index contributed by atoms with van der Waals surface area (Å²) < 4.78 is 6.44. The number of pyridine rings is 1. The van der Waals surface area contributed by atoms with Crippen LogP contribution < -0.4 is 0 Å². The molecule has 0 bridgehead atoms. The van der Waals surface area contributed by atoms with Crippen molar-refractivity contribution in [3.63, 3.8) is 0 Å². The Hall–Kier alpha value is -3.65. The molecule has 2 aromatic heterocycles. The smallest absolute Gasteiger partial charge is 0.161 e. The highest BCUT2D eigenvalue weighted by Crippen LogP contribution is 2.41. The van der Waals surface area contributed by atoms with Crippen molar-refractivity contribution < 1.29 is 4.42 Å². The summed E-state index contributed by atoms with van der Waals surface area (Å²) in [6, 6.07) is 32.9. The lowest BCUT2D eigenvalue weighted by Gasteiger charge is -2.07. The van der Waals surface area contributed by atoms with E-state index in [1.165, 1.54) is 0 Å². The van der Waals surface area contributed by atoms with E-state index in [0.29, 0.717) is 0 Å². The molecule has 0 aliphatic carbocycles. The summed E-state index contributed by atoms with van der Waals surface area (Å²) in [5, 5.41) is 2.18. The SMILES string of the molecule is c1ccc(-c2cccnc2-c2oc(-c3ccccc3)c3ccccc23)cc1. The predicted octanol–water partition coefficient (Wildman–Crippen LogP) is 6.83. The van der Waals surface area contributed by atoms with Gasteiger partial charge in [0.2, 0.25) is 0 Å². The predicted molar refractivity (Wildman–Crippen MR) is 110 cm³/mol. The third-order valence-electron chi connectivity index (χ3n) is 4.76. The number of benzene rings is 3. The van der Waals surface area contributed by atoms with Crippen LogP contribution in [-0.2, 0) is 0 Å². The van der Waals surface area contributed by atoms with Crippen LogP contribution in [0.4, 0.5) is 0 Å². The zero-order chi connectivity index (χ0) is 18.1. The number of aromatic nitrogens is 1. The molecule has 0 unspecified atom stereocenters. The van der Waals surface area contributed by atoms with Crippen LogP contribution in [0.2, 0.25) is 0 Å². The van der Waals surface area contributed by atoms with Crippen molar-refractivity contribution in [1.29, 1.82) is 0 Å². The molecule has 5 aromatic rings. The van der Waals surface area contributed by atoms with Gasteiger partial charge in [-0.25, -0.2) is 0 Å². The third-order valence-corrected chi connectivity index (χ3v) is 4.76. The van der Waals surface area contributed by atoms with Crippen molar-refractivity contribution in [3.05, 3.63) is 103 Å². The molecule has 5 rings (SSSR count). The molecule has 27 heavy (non-hydrogen) atoms. The summed E-state index contributed by atoms with van der Waals surface area (Å²) in [4.78, 5) is 4.69. The molecule has 0 aliphatic rings. The van der Waals surface area contributed by atoms with E-state index in [-0.39, 0.29) is 0 Å². The molecule has 2 heteroatoms. The zero-order valence-corrected chi connectivity index (χ0v) is 14.7. The van der Waals surface area contributed by atoms with Crippen LogP contribution in [0.15, 0.2) is 108 Å². The second-order valence-electron chi connectivity index (χ2n) is 6.44. The average molecular weight is 347 g/mol. The zero-order valence-electron chi connectivity index (χ0n) is 14.7. The van der Waals surface area contributed by atoms with Gasteiger partial charge in [0.15, 0.2) is 5.76 Å². The van der Waals surface area contributed by atoms with E-state index in [1.54, 1.807) is 0 Å². The van der Waals surface area contributed by atoms with Crippen molar-refractivity contribution in [2.24, 2.45) is 0 Å². The summed E-state index contributed by atoms with van der Waals surface area (Å²) in [7, 11) is 0.